The number of benzene rings is 1. The van der Waals surface area contributed by atoms with Crippen molar-refractivity contribution in [3.05, 3.63) is 33.5 Å². The number of nitrogens with one attached hydrogen (secondary N) is 1. The number of nitrogens with zero attached hydrogens (tertiary/aromatic N) is 2. The van der Waals surface area contributed by atoms with Crippen molar-refractivity contribution in [3.8, 4) is 10.6 Å². The first kappa shape index (κ1) is 15.5. The summed E-state index contributed by atoms with van der Waals surface area (Å²) in [7, 11) is 0. The van der Waals surface area contributed by atoms with Gasteiger partial charge in [0.1, 0.15) is 15.8 Å². The summed E-state index contributed by atoms with van der Waals surface area (Å²) in [5.74, 6) is -0.277. The highest BCUT2D eigenvalue weighted by Crippen LogP contribution is 2.27. The van der Waals surface area contributed by atoms with Crippen LogP contribution in [0.15, 0.2) is 22.7 Å². The average molecular weight is 358 g/mol. The van der Waals surface area contributed by atoms with Gasteiger partial charge in [0.2, 0.25) is 0 Å². The molecule has 0 aliphatic carbocycles. The Morgan fingerprint density at radius 2 is 2.00 bits per heavy atom. The Morgan fingerprint density at radius 3 is 2.65 bits per heavy atom. The number of aromatic nitrogens is 2. The molecule has 1 heterocycles. The van der Waals surface area contributed by atoms with Gasteiger partial charge < -0.3 is 5.32 Å². The van der Waals surface area contributed by atoms with Crippen LogP contribution in [0.2, 0.25) is 0 Å². The second kappa shape index (κ2) is 6.28. The van der Waals surface area contributed by atoms with Gasteiger partial charge in [0.25, 0.3) is 0 Å². The summed E-state index contributed by atoms with van der Waals surface area (Å²) in [6.45, 7) is 7.24. The lowest BCUT2D eigenvalue weighted by atomic mass is 10.1. The normalized spacial score (nSPS) is 11.8. The first-order valence-corrected chi connectivity index (χ1v) is 7.98. The molecule has 0 radical (unpaired) electrons. The van der Waals surface area contributed by atoms with Crippen LogP contribution < -0.4 is 5.32 Å². The van der Waals surface area contributed by atoms with E-state index in [2.05, 4.69) is 52.2 Å². The maximum atomic E-state index is 13.4. The van der Waals surface area contributed by atoms with Crippen molar-refractivity contribution in [1.29, 1.82) is 0 Å². The van der Waals surface area contributed by atoms with Crippen molar-refractivity contribution in [2.24, 2.45) is 0 Å². The van der Waals surface area contributed by atoms with E-state index in [1.165, 1.54) is 23.5 Å². The molecule has 3 nitrogen and oxygen atoms in total. The van der Waals surface area contributed by atoms with Gasteiger partial charge in [0.05, 0.1) is 0 Å². The molecule has 1 aromatic heterocycles. The van der Waals surface area contributed by atoms with Crippen LogP contribution in [0.5, 0.6) is 0 Å². The molecule has 0 bridgehead atoms. The first-order valence-electron chi connectivity index (χ1n) is 6.37. The van der Waals surface area contributed by atoms with E-state index in [1.807, 2.05) is 6.07 Å². The number of halogens is 2. The van der Waals surface area contributed by atoms with Gasteiger partial charge in [-0.2, -0.15) is 0 Å². The number of hydrogen-bond donors (Lipinski definition) is 1. The molecule has 1 N–H and O–H groups in total. The fourth-order valence-electron chi connectivity index (χ4n) is 1.69. The Kier molecular flexibility index (Phi) is 4.88. The highest BCUT2D eigenvalue weighted by atomic mass is 79.9. The SMILES string of the molecule is CC(C)(C)NCCc1nnc(-c2cc(F)cc(Br)c2)s1. The molecule has 20 heavy (non-hydrogen) atoms. The summed E-state index contributed by atoms with van der Waals surface area (Å²) in [5, 5.41) is 13.4. The average Bonchev–Trinajstić information content (AvgIpc) is 2.74. The van der Waals surface area contributed by atoms with Gasteiger partial charge in [-0.3, -0.25) is 0 Å². The van der Waals surface area contributed by atoms with E-state index in [9.17, 15) is 4.39 Å². The third-order valence-electron chi connectivity index (χ3n) is 2.57. The Balaban J connectivity index is 2.05. The predicted molar refractivity (Wildman–Crippen MR) is 84.5 cm³/mol. The number of rotatable bonds is 4. The Morgan fingerprint density at radius 1 is 1.25 bits per heavy atom. The highest BCUT2D eigenvalue weighted by Gasteiger charge is 2.11. The molecule has 0 saturated carbocycles. The lowest BCUT2D eigenvalue weighted by Gasteiger charge is -2.19. The molecule has 0 fully saturated rings. The van der Waals surface area contributed by atoms with E-state index >= 15 is 0 Å². The summed E-state index contributed by atoms with van der Waals surface area (Å²) in [6, 6.07) is 4.75. The first-order chi connectivity index (χ1) is 9.33. The van der Waals surface area contributed by atoms with Crippen LogP contribution in [0.4, 0.5) is 4.39 Å². The van der Waals surface area contributed by atoms with E-state index in [-0.39, 0.29) is 11.4 Å². The molecular formula is C14H17BrFN3S. The highest BCUT2D eigenvalue weighted by molar-refractivity contribution is 9.10. The van der Waals surface area contributed by atoms with Gasteiger partial charge in [-0.05, 0) is 39.0 Å². The Hall–Kier alpha value is -0.850. The summed E-state index contributed by atoms with van der Waals surface area (Å²) < 4.78 is 14.1. The smallest absolute Gasteiger partial charge is 0.147 e. The van der Waals surface area contributed by atoms with E-state index in [0.717, 1.165) is 28.5 Å². The largest absolute Gasteiger partial charge is 0.312 e. The van der Waals surface area contributed by atoms with Gasteiger partial charge in [0, 0.05) is 28.5 Å². The molecule has 0 saturated heterocycles. The van der Waals surface area contributed by atoms with Gasteiger partial charge in [0.15, 0.2) is 0 Å². The minimum absolute atomic E-state index is 0.0982. The van der Waals surface area contributed by atoms with Gasteiger partial charge >= 0.3 is 0 Å². The van der Waals surface area contributed by atoms with Crippen molar-refractivity contribution >= 4 is 27.3 Å². The van der Waals surface area contributed by atoms with Gasteiger partial charge in [-0.15, -0.1) is 10.2 Å². The molecule has 0 aliphatic rings. The zero-order valence-electron chi connectivity index (χ0n) is 11.7. The van der Waals surface area contributed by atoms with Crippen LogP contribution in [0.3, 0.4) is 0 Å². The lowest BCUT2D eigenvalue weighted by Crippen LogP contribution is -2.37. The molecule has 0 amide bonds. The zero-order valence-corrected chi connectivity index (χ0v) is 14.1. The van der Waals surface area contributed by atoms with Crippen LogP contribution >= 0.6 is 27.3 Å². The van der Waals surface area contributed by atoms with Crippen molar-refractivity contribution in [1.82, 2.24) is 15.5 Å². The third-order valence-corrected chi connectivity index (χ3v) is 4.06. The predicted octanol–water partition coefficient (Wildman–Crippen LogP) is 4.04. The van der Waals surface area contributed by atoms with Crippen LogP contribution in [0.1, 0.15) is 25.8 Å². The zero-order chi connectivity index (χ0) is 14.8. The Bertz CT molecular complexity index is 572. The fraction of sp³-hybridized carbons (Fsp3) is 0.429. The van der Waals surface area contributed by atoms with E-state index in [4.69, 9.17) is 0 Å². The van der Waals surface area contributed by atoms with Crippen LogP contribution in [0.25, 0.3) is 10.6 Å². The molecular weight excluding hydrogens is 341 g/mol. The quantitative estimate of drug-likeness (QED) is 0.897. The molecule has 108 valence electrons. The van der Waals surface area contributed by atoms with Crippen molar-refractivity contribution in [2.45, 2.75) is 32.7 Å². The monoisotopic (exact) mass is 357 g/mol. The number of hydrogen-bond acceptors (Lipinski definition) is 4. The molecule has 2 rings (SSSR count). The van der Waals surface area contributed by atoms with Crippen LogP contribution in [-0.2, 0) is 6.42 Å². The molecule has 6 heteroatoms. The minimum Gasteiger partial charge on any atom is -0.312 e. The lowest BCUT2D eigenvalue weighted by molar-refractivity contribution is 0.429. The molecule has 2 aromatic rings. The molecule has 0 atom stereocenters. The fourth-order valence-corrected chi connectivity index (χ4v) is 2.98. The topological polar surface area (TPSA) is 37.8 Å². The van der Waals surface area contributed by atoms with Crippen molar-refractivity contribution < 1.29 is 4.39 Å². The summed E-state index contributed by atoms with van der Waals surface area (Å²) >= 11 is 4.79. The maximum Gasteiger partial charge on any atom is 0.147 e. The summed E-state index contributed by atoms with van der Waals surface area (Å²) in [4.78, 5) is 0. The van der Waals surface area contributed by atoms with Crippen LogP contribution in [0, 0.1) is 5.82 Å². The third kappa shape index (κ3) is 4.61. The van der Waals surface area contributed by atoms with Crippen LogP contribution in [-0.4, -0.2) is 22.3 Å². The molecule has 0 aliphatic heterocycles. The van der Waals surface area contributed by atoms with Crippen molar-refractivity contribution in [2.75, 3.05) is 6.54 Å². The maximum absolute atomic E-state index is 13.4. The second-order valence-electron chi connectivity index (χ2n) is 5.59. The molecule has 0 unspecified atom stereocenters. The summed E-state index contributed by atoms with van der Waals surface area (Å²) in [6.07, 6.45) is 0.825. The van der Waals surface area contributed by atoms with E-state index in [0.29, 0.717) is 4.47 Å². The standard InChI is InChI=1S/C14H17BrFN3S/c1-14(2,3)17-5-4-12-18-19-13(20-12)9-6-10(15)8-11(16)7-9/h6-8,17H,4-5H2,1-3H3. The molecule has 0 spiro atoms. The van der Waals surface area contributed by atoms with Gasteiger partial charge in [-0.25, -0.2) is 4.39 Å². The Labute approximate surface area is 130 Å². The van der Waals surface area contributed by atoms with Gasteiger partial charge in [-0.1, -0.05) is 27.3 Å². The second-order valence-corrected chi connectivity index (χ2v) is 7.56. The minimum atomic E-state index is -0.277. The van der Waals surface area contributed by atoms with E-state index < -0.39 is 0 Å². The molecule has 1 aromatic carbocycles. The van der Waals surface area contributed by atoms with E-state index in [1.54, 1.807) is 0 Å². The van der Waals surface area contributed by atoms with Crippen molar-refractivity contribution in [3.63, 3.8) is 0 Å². The summed E-state index contributed by atoms with van der Waals surface area (Å²) in [5.41, 5.74) is 0.852.